The number of ether oxygens (including phenoxy) is 1. The summed E-state index contributed by atoms with van der Waals surface area (Å²) in [6, 6.07) is 7.87. The van der Waals surface area contributed by atoms with Crippen LogP contribution in [0.15, 0.2) is 28.8 Å². The molecule has 0 spiro atoms. The molecule has 110 valence electrons. The van der Waals surface area contributed by atoms with E-state index in [4.69, 9.17) is 14.4 Å². The number of hydrogen-bond acceptors (Lipinski definition) is 4. The van der Waals surface area contributed by atoms with Crippen LogP contribution in [0.4, 0.5) is 0 Å². The van der Waals surface area contributed by atoms with Gasteiger partial charge >= 0.3 is 5.97 Å². The lowest BCUT2D eigenvalue weighted by Crippen LogP contribution is -2.03. The lowest BCUT2D eigenvalue weighted by Gasteiger charge is -2.16. The van der Waals surface area contributed by atoms with Crippen molar-refractivity contribution in [3.05, 3.63) is 52.4 Å². The maximum absolute atomic E-state index is 10.7. The van der Waals surface area contributed by atoms with Gasteiger partial charge in [-0.05, 0) is 42.4 Å². The minimum absolute atomic E-state index is 0.0950. The fraction of sp³-hybridized carbons (Fsp3) is 0.375. The van der Waals surface area contributed by atoms with Crippen molar-refractivity contribution in [3.63, 3.8) is 0 Å². The molecule has 1 aliphatic carbocycles. The van der Waals surface area contributed by atoms with Gasteiger partial charge in [0.05, 0.1) is 6.61 Å². The van der Waals surface area contributed by atoms with E-state index in [1.807, 2.05) is 0 Å². The standard InChI is InChI=1S/C16H17NO4/c18-16(19)15-8-14(21-17-15)10-20-9-11-5-6-12-3-1-2-4-13(12)7-11/h5-8H,1-4,9-10H2,(H,18,19). The molecule has 0 saturated carbocycles. The third-order valence-electron chi connectivity index (χ3n) is 3.70. The molecular weight excluding hydrogens is 270 g/mol. The summed E-state index contributed by atoms with van der Waals surface area (Å²) in [5.41, 5.74) is 3.91. The number of aryl methyl sites for hydroxylation is 2. The molecule has 0 atom stereocenters. The molecule has 0 radical (unpaired) electrons. The van der Waals surface area contributed by atoms with E-state index in [1.54, 1.807) is 0 Å². The Kier molecular flexibility index (Phi) is 4.01. The Hall–Kier alpha value is -2.14. The Labute approximate surface area is 122 Å². The van der Waals surface area contributed by atoms with Crippen LogP contribution in [-0.2, 0) is 30.8 Å². The highest BCUT2D eigenvalue weighted by molar-refractivity contribution is 5.85. The van der Waals surface area contributed by atoms with Gasteiger partial charge in [-0.3, -0.25) is 0 Å². The molecule has 5 heteroatoms. The summed E-state index contributed by atoms with van der Waals surface area (Å²) in [4.78, 5) is 10.7. The third kappa shape index (κ3) is 3.31. The second kappa shape index (κ2) is 6.10. The fourth-order valence-electron chi connectivity index (χ4n) is 2.63. The van der Waals surface area contributed by atoms with Crippen LogP contribution in [0.3, 0.4) is 0 Å². The first-order chi connectivity index (χ1) is 10.2. The smallest absolute Gasteiger partial charge is 0.358 e. The summed E-state index contributed by atoms with van der Waals surface area (Å²) in [5.74, 6) is -0.676. The molecule has 5 nitrogen and oxygen atoms in total. The minimum atomic E-state index is -1.10. The maximum Gasteiger partial charge on any atom is 0.358 e. The molecule has 1 aromatic heterocycles. The highest BCUT2D eigenvalue weighted by Gasteiger charge is 2.11. The van der Waals surface area contributed by atoms with Crippen molar-refractivity contribution in [2.24, 2.45) is 0 Å². The van der Waals surface area contributed by atoms with Gasteiger partial charge in [-0.15, -0.1) is 0 Å². The van der Waals surface area contributed by atoms with E-state index in [0.29, 0.717) is 12.4 Å². The average Bonchev–Trinajstić information content (AvgIpc) is 2.96. The lowest BCUT2D eigenvalue weighted by atomic mass is 9.90. The first kappa shape index (κ1) is 13.8. The number of aromatic nitrogens is 1. The van der Waals surface area contributed by atoms with Gasteiger partial charge in [0.25, 0.3) is 0 Å². The molecular formula is C16H17NO4. The molecule has 0 amide bonds. The van der Waals surface area contributed by atoms with Gasteiger partial charge < -0.3 is 14.4 Å². The number of carboxylic acid groups (broad SMARTS) is 1. The molecule has 0 unspecified atom stereocenters. The number of fused-ring (bicyclic) bond motifs is 1. The SMILES string of the molecule is O=C(O)c1cc(COCc2ccc3c(c2)CCCC3)on1. The van der Waals surface area contributed by atoms with E-state index in [-0.39, 0.29) is 12.3 Å². The number of carbonyl (C=O) groups is 1. The van der Waals surface area contributed by atoms with Gasteiger partial charge in [-0.25, -0.2) is 4.79 Å². The minimum Gasteiger partial charge on any atom is -0.476 e. The topological polar surface area (TPSA) is 72.6 Å². The Morgan fingerprint density at radius 1 is 1.19 bits per heavy atom. The zero-order valence-corrected chi connectivity index (χ0v) is 11.7. The maximum atomic E-state index is 10.7. The van der Waals surface area contributed by atoms with Gasteiger partial charge in [-0.2, -0.15) is 0 Å². The predicted molar refractivity (Wildman–Crippen MR) is 75.0 cm³/mol. The summed E-state index contributed by atoms with van der Waals surface area (Å²) in [5, 5.41) is 12.2. The highest BCUT2D eigenvalue weighted by Crippen LogP contribution is 2.22. The van der Waals surface area contributed by atoms with Crippen LogP contribution in [0.2, 0.25) is 0 Å². The Bertz CT molecular complexity index is 647. The molecule has 0 fully saturated rings. The normalized spacial score (nSPS) is 13.9. The summed E-state index contributed by atoms with van der Waals surface area (Å²) in [6.07, 6.45) is 4.85. The van der Waals surface area contributed by atoms with Crippen LogP contribution in [0, 0.1) is 0 Å². The molecule has 1 aromatic carbocycles. The van der Waals surface area contributed by atoms with E-state index in [2.05, 4.69) is 23.4 Å². The van der Waals surface area contributed by atoms with Gasteiger partial charge in [0.1, 0.15) is 6.61 Å². The van der Waals surface area contributed by atoms with Crippen LogP contribution in [0.25, 0.3) is 0 Å². The molecule has 1 heterocycles. The van der Waals surface area contributed by atoms with Crippen LogP contribution in [0.5, 0.6) is 0 Å². The molecule has 0 bridgehead atoms. The number of benzene rings is 1. The molecule has 2 aromatic rings. The number of aromatic carboxylic acids is 1. The van der Waals surface area contributed by atoms with Crippen LogP contribution >= 0.6 is 0 Å². The number of carboxylic acids is 1. The van der Waals surface area contributed by atoms with Crippen molar-refractivity contribution in [1.82, 2.24) is 5.16 Å². The zero-order valence-electron chi connectivity index (χ0n) is 11.7. The average molecular weight is 287 g/mol. The van der Waals surface area contributed by atoms with E-state index in [9.17, 15) is 4.79 Å². The van der Waals surface area contributed by atoms with Gasteiger partial charge in [0, 0.05) is 6.07 Å². The summed E-state index contributed by atoms with van der Waals surface area (Å²) < 4.78 is 10.5. The van der Waals surface area contributed by atoms with Crippen LogP contribution < -0.4 is 0 Å². The van der Waals surface area contributed by atoms with Crippen molar-refractivity contribution in [1.29, 1.82) is 0 Å². The second-order valence-corrected chi connectivity index (χ2v) is 5.29. The van der Waals surface area contributed by atoms with Gasteiger partial charge in [-0.1, -0.05) is 23.4 Å². The summed E-state index contributed by atoms with van der Waals surface area (Å²) in [7, 11) is 0. The molecule has 1 N–H and O–H groups in total. The van der Waals surface area contributed by atoms with Crippen molar-refractivity contribution in [2.45, 2.75) is 38.9 Å². The van der Waals surface area contributed by atoms with Crippen molar-refractivity contribution in [2.75, 3.05) is 0 Å². The van der Waals surface area contributed by atoms with E-state index in [0.717, 1.165) is 12.0 Å². The fourth-order valence-corrected chi connectivity index (χ4v) is 2.63. The van der Waals surface area contributed by atoms with E-state index >= 15 is 0 Å². The molecule has 21 heavy (non-hydrogen) atoms. The first-order valence-electron chi connectivity index (χ1n) is 7.09. The van der Waals surface area contributed by atoms with Crippen LogP contribution in [-0.4, -0.2) is 16.2 Å². The van der Waals surface area contributed by atoms with Gasteiger partial charge in [0.2, 0.25) is 0 Å². The van der Waals surface area contributed by atoms with Crippen molar-refractivity contribution >= 4 is 5.97 Å². The Balaban J connectivity index is 1.56. The third-order valence-corrected chi connectivity index (χ3v) is 3.70. The van der Waals surface area contributed by atoms with E-state index in [1.165, 1.54) is 36.5 Å². The van der Waals surface area contributed by atoms with Crippen molar-refractivity contribution in [3.8, 4) is 0 Å². The molecule has 3 rings (SSSR count). The number of hydrogen-bond donors (Lipinski definition) is 1. The molecule has 0 aliphatic heterocycles. The van der Waals surface area contributed by atoms with E-state index < -0.39 is 5.97 Å². The highest BCUT2D eigenvalue weighted by atomic mass is 16.5. The largest absolute Gasteiger partial charge is 0.476 e. The monoisotopic (exact) mass is 287 g/mol. The summed E-state index contributed by atoms with van der Waals surface area (Å²) >= 11 is 0. The quantitative estimate of drug-likeness (QED) is 0.915. The Morgan fingerprint density at radius 2 is 2.00 bits per heavy atom. The van der Waals surface area contributed by atoms with Crippen molar-refractivity contribution < 1.29 is 19.2 Å². The second-order valence-electron chi connectivity index (χ2n) is 5.29. The first-order valence-corrected chi connectivity index (χ1v) is 7.09. The zero-order chi connectivity index (χ0) is 14.7. The summed E-state index contributed by atoms with van der Waals surface area (Å²) in [6.45, 7) is 0.702. The Morgan fingerprint density at radius 3 is 2.76 bits per heavy atom. The molecule has 0 saturated heterocycles. The number of rotatable bonds is 5. The molecule has 1 aliphatic rings. The lowest BCUT2D eigenvalue weighted by molar-refractivity contribution is 0.0683. The number of nitrogens with zero attached hydrogens (tertiary/aromatic N) is 1. The van der Waals surface area contributed by atoms with Gasteiger partial charge in [0.15, 0.2) is 11.5 Å². The van der Waals surface area contributed by atoms with Crippen LogP contribution in [0.1, 0.15) is 45.8 Å². The predicted octanol–water partition coefficient (Wildman–Crippen LogP) is 2.97.